The van der Waals surface area contributed by atoms with Gasteiger partial charge < -0.3 is 5.73 Å². The second-order valence-electron chi connectivity index (χ2n) is 4.27. The minimum atomic E-state index is -3.67. The molecule has 0 fully saturated rings. The van der Waals surface area contributed by atoms with Crippen molar-refractivity contribution in [3.05, 3.63) is 52.3 Å². The third kappa shape index (κ3) is 3.36. The zero-order valence-corrected chi connectivity index (χ0v) is 13.2. The van der Waals surface area contributed by atoms with Gasteiger partial charge in [-0.2, -0.15) is 0 Å². The van der Waals surface area contributed by atoms with Crippen molar-refractivity contribution in [1.29, 1.82) is 0 Å². The molecule has 0 aliphatic carbocycles. The van der Waals surface area contributed by atoms with Crippen LogP contribution < -0.4 is 10.5 Å². The number of benzene rings is 1. The molecule has 0 spiro atoms. The molecule has 0 amide bonds. The van der Waals surface area contributed by atoms with Crippen LogP contribution in [0.15, 0.2) is 45.9 Å². The number of anilines is 1. The van der Waals surface area contributed by atoms with Crippen LogP contribution in [0.25, 0.3) is 0 Å². The fourth-order valence-corrected chi connectivity index (χ4v) is 3.34. The van der Waals surface area contributed by atoms with E-state index in [2.05, 4.69) is 25.6 Å². The van der Waals surface area contributed by atoms with Crippen molar-refractivity contribution in [2.24, 2.45) is 0 Å². The minimum Gasteiger partial charge on any atom is -0.398 e. The smallest absolute Gasteiger partial charge is 0.243 e. The van der Waals surface area contributed by atoms with Gasteiger partial charge in [0, 0.05) is 10.7 Å². The van der Waals surface area contributed by atoms with E-state index in [4.69, 9.17) is 5.73 Å². The first-order chi connectivity index (χ1) is 9.40. The molecule has 2 aromatic rings. The molecular weight excluding hydrogens is 342 g/mol. The third-order valence-electron chi connectivity index (χ3n) is 2.81. The zero-order chi connectivity index (χ0) is 14.8. The van der Waals surface area contributed by atoms with Gasteiger partial charge in [-0.1, -0.05) is 22.0 Å². The summed E-state index contributed by atoms with van der Waals surface area (Å²) in [7, 11) is -3.67. The number of nitrogens with two attached hydrogens (primary N) is 1. The maximum absolute atomic E-state index is 12.3. The first-order valence-electron chi connectivity index (χ1n) is 5.85. The Bertz CT molecular complexity index is 732. The average Bonchev–Trinajstić information content (AvgIpc) is 2.40. The van der Waals surface area contributed by atoms with E-state index in [0.717, 1.165) is 5.56 Å². The van der Waals surface area contributed by atoms with Crippen LogP contribution in [0.2, 0.25) is 0 Å². The standard InChI is InChI=1S/C13H14BrN3O2S/c1-9-3-2-6-16-12(9)8-17-20(18,19)13-7-10(14)4-5-11(13)15/h2-7,17H,8,15H2,1H3. The highest BCUT2D eigenvalue weighted by atomic mass is 79.9. The summed E-state index contributed by atoms with van der Waals surface area (Å²) in [5, 5.41) is 0. The van der Waals surface area contributed by atoms with E-state index in [1.54, 1.807) is 24.4 Å². The Labute approximate surface area is 126 Å². The lowest BCUT2D eigenvalue weighted by atomic mass is 10.2. The number of hydrogen-bond donors (Lipinski definition) is 2. The molecule has 1 heterocycles. The van der Waals surface area contributed by atoms with Crippen LogP contribution in [-0.2, 0) is 16.6 Å². The Kier molecular flexibility index (Phi) is 4.42. The van der Waals surface area contributed by atoms with Crippen LogP contribution in [0.4, 0.5) is 5.69 Å². The number of halogens is 1. The molecule has 1 aromatic carbocycles. The number of nitrogen functional groups attached to an aromatic ring is 1. The highest BCUT2D eigenvalue weighted by Crippen LogP contribution is 2.23. The van der Waals surface area contributed by atoms with Crippen LogP contribution in [0, 0.1) is 6.92 Å². The summed E-state index contributed by atoms with van der Waals surface area (Å²) < 4.78 is 27.7. The molecule has 3 N–H and O–H groups in total. The van der Waals surface area contributed by atoms with Gasteiger partial charge in [-0.15, -0.1) is 0 Å². The summed E-state index contributed by atoms with van der Waals surface area (Å²) in [6, 6.07) is 8.40. The molecule has 5 nitrogen and oxygen atoms in total. The first kappa shape index (κ1) is 15.0. The van der Waals surface area contributed by atoms with Crippen molar-refractivity contribution >= 4 is 31.6 Å². The molecule has 0 saturated heterocycles. The first-order valence-corrected chi connectivity index (χ1v) is 8.13. The lowest BCUT2D eigenvalue weighted by molar-refractivity contribution is 0.580. The fourth-order valence-electron chi connectivity index (χ4n) is 1.69. The predicted octanol–water partition coefficient (Wildman–Crippen LogP) is 2.21. The van der Waals surface area contributed by atoms with Gasteiger partial charge in [-0.25, -0.2) is 13.1 Å². The molecule has 0 aliphatic heterocycles. The summed E-state index contributed by atoms with van der Waals surface area (Å²) in [5.74, 6) is 0. The Morgan fingerprint density at radius 2 is 2.10 bits per heavy atom. The number of pyridine rings is 1. The molecule has 0 unspecified atom stereocenters. The molecule has 1 aromatic heterocycles. The summed E-state index contributed by atoms with van der Waals surface area (Å²) in [6.07, 6.45) is 1.63. The van der Waals surface area contributed by atoms with E-state index in [1.807, 2.05) is 13.0 Å². The van der Waals surface area contributed by atoms with Crippen LogP contribution in [0.5, 0.6) is 0 Å². The fraction of sp³-hybridized carbons (Fsp3) is 0.154. The summed E-state index contributed by atoms with van der Waals surface area (Å²) in [4.78, 5) is 4.20. The van der Waals surface area contributed by atoms with Crippen molar-refractivity contribution in [3.63, 3.8) is 0 Å². The average molecular weight is 356 g/mol. The Hall–Kier alpha value is -1.44. The quantitative estimate of drug-likeness (QED) is 0.823. The van der Waals surface area contributed by atoms with E-state index in [1.165, 1.54) is 6.07 Å². The molecule has 7 heteroatoms. The van der Waals surface area contributed by atoms with Gasteiger partial charge in [0.25, 0.3) is 0 Å². The van der Waals surface area contributed by atoms with E-state index >= 15 is 0 Å². The maximum atomic E-state index is 12.3. The molecule has 106 valence electrons. The molecule has 0 radical (unpaired) electrons. The van der Waals surface area contributed by atoms with Crippen LogP contribution >= 0.6 is 15.9 Å². The lowest BCUT2D eigenvalue weighted by Crippen LogP contribution is -2.25. The molecule has 2 rings (SSSR count). The summed E-state index contributed by atoms with van der Waals surface area (Å²) >= 11 is 3.24. The van der Waals surface area contributed by atoms with E-state index in [-0.39, 0.29) is 17.1 Å². The van der Waals surface area contributed by atoms with Gasteiger partial charge >= 0.3 is 0 Å². The molecule has 20 heavy (non-hydrogen) atoms. The number of rotatable bonds is 4. The van der Waals surface area contributed by atoms with Crippen molar-refractivity contribution in [3.8, 4) is 0 Å². The topological polar surface area (TPSA) is 85.1 Å². The molecule has 0 bridgehead atoms. The molecular formula is C13H14BrN3O2S. The van der Waals surface area contributed by atoms with E-state index < -0.39 is 10.0 Å². The van der Waals surface area contributed by atoms with Crippen molar-refractivity contribution in [2.75, 3.05) is 5.73 Å². The highest BCUT2D eigenvalue weighted by Gasteiger charge is 2.18. The van der Waals surface area contributed by atoms with Crippen LogP contribution in [0.1, 0.15) is 11.3 Å². The van der Waals surface area contributed by atoms with Gasteiger partial charge in [-0.3, -0.25) is 4.98 Å². The Balaban J connectivity index is 2.24. The van der Waals surface area contributed by atoms with E-state index in [9.17, 15) is 8.42 Å². The second-order valence-corrected chi connectivity index (χ2v) is 6.92. The number of aromatic nitrogens is 1. The van der Waals surface area contributed by atoms with Gasteiger partial charge in [0.2, 0.25) is 10.0 Å². The summed E-state index contributed by atoms with van der Waals surface area (Å²) in [6.45, 7) is 2.01. The monoisotopic (exact) mass is 355 g/mol. The third-order valence-corrected chi connectivity index (χ3v) is 4.76. The Morgan fingerprint density at radius 1 is 1.35 bits per heavy atom. The van der Waals surface area contributed by atoms with Crippen molar-refractivity contribution in [2.45, 2.75) is 18.4 Å². The number of nitrogens with zero attached hydrogens (tertiary/aromatic N) is 1. The van der Waals surface area contributed by atoms with Crippen molar-refractivity contribution in [1.82, 2.24) is 9.71 Å². The number of nitrogens with one attached hydrogen (secondary N) is 1. The maximum Gasteiger partial charge on any atom is 0.243 e. The van der Waals surface area contributed by atoms with Crippen molar-refractivity contribution < 1.29 is 8.42 Å². The number of hydrogen-bond acceptors (Lipinski definition) is 4. The van der Waals surface area contributed by atoms with Gasteiger partial charge in [0.1, 0.15) is 4.90 Å². The molecule has 0 atom stereocenters. The zero-order valence-electron chi connectivity index (χ0n) is 10.8. The second kappa shape index (κ2) is 5.90. The highest BCUT2D eigenvalue weighted by molar-refractivity contribution is 9.10. The minimum absolute atomic E-state index is 0.0560. The van der Waals surface area contributed by atoms with Gasteiger partial charge in [0.05, 0.1) is 17.9 Å². The Morgan fingerprint density at radius 3 is 2.80 bits per heavy atom. The van der Waals surface area contributed by atoms with E-state index in [0.29, 0.717) is 10.2 Å². The van der Waals surface area contributed by atoms with Crippen LogP contribution in [0.3, 0.4) is 0 Å². The summed E-state index contributed by atoms with van der Waals surface area (Å²) in [5.41, 5.74) is 7.54. The van der Waals surface area contributed by atoms with Gasteiger partial charge in [0.15, 0.2) is 0 Å². The molecule has 0 aliphatic rings. The number of sulfonamides is 1. The van der Waals surface area contributed by atoms with Crippen LogP contribution in [-0.4, -0.2) is 13.4 Å². The molecule has 0 saturated carbocycles. The SMILES string of the molecule is Cc1cccnc1CNS(=O)(=O)c1cc(Br)ccc1N. The van der Waals surface area contributed by atoms with Gasteiger partial charge in [-0.05, 0) is 36.8 Å². The lowest BCUT2D eigenvalue weighted by Gasteiger charge is -2.10. The normalized spacial score (nSPS) is 11.5. The predicted molar refractivity (Wildman–Crippen MR) is 81.6 cm³/mol. The largest absolute Gasteiger partial charge is 0.398 e. The number of aryl methyl sites for hydroxylation is 1.